The second-order valence-electron chi connectivity index (χ2n) is 6.25. The normalized spacial score (nSPS) is 19.7. The number of amides is 3. The topological polar surface area (TPSA) is 97.4 Å². The molecule has 1 aliphatic rings. The second-order valence-corrected chi connectivity index (χ2v) is 7.31. The lowest BCUT2D eigenvalue weighted by Crippen LogP contribution is -2.40. The number of hydrogen-bond donors (Lipinski definition) is 2. The van der Waals surface area contributed by atoms with E-state index >= 15 is 0 Å². The van der Waals surface area contributed by atoms with E-state index in [1.165, 1.54) is 7.05 Å². The van der Waals surface area contributed by atoms with Crippen molar-refractivity contribution in [2.45, 2.75) is 31.6 Å². The van der Waals surface area contributed by atoms with Gasteiger partial charge in [-0.2, -0.15) is 0 Å². The summed E-state index contributed by atoms with van der Waals surface area (Å²) in [7, 11) is 1.40. The van der Waals surface area contributed by atoms with Gasteiger partial charge in [0.05, 0.1) is 21.1 Å². The van der Waals surface area contributed by atoms with Crippen molar-refractivity contribution < 1.29 is 19.1 Å². The number of para-hydroxylation sites is 1. The molecule has 0 unspecified atom stereocenters. The summed E-state index contributed by atoms with van der Waals surface area (Å²) in [6.07, 6.45) is 3.59. The zero-order valence-corrected chi connectivity index (χ0v) is 15.3. The van der Waals surface area contributed by atoms with Crippen LogP contribution in [0.25, 0.3) is 10.2 Å². The highest BCUT2D eigenvalue weighted by atomic mass is 32.1. The molecule has 0 spiro atoms. The third-order valence-corrected chi connectivity index (χ3v) is 5.69. The van der Waals surface area contributed by atoms with Crippen molar-refractivity contribution in [3.8, 4) is 0 Å². The number of imide groups is 1. The van der Waals surface area contributed by atoms with Crippen molar-refractivity contribution in [2.24, 2.45) is 5.92 Å². The monoisotopic (exact) mass is 375 g/mol. The van der Waals surface area contributed by atoms with E-state index in [-0.39, 0.29) is 11.8 Å². The highest BCUT2D eigenvalue weighted by Crippen LogP contribution is 2.41. The summed E-state index contributed by atoms with van der Waals surface area (Å²) in [6, 6.07) is 7.28. The molecule has 3 rings (SSSR count). The van der Waals surface area contributed by atoms with Gasteiger partial charge < -0.3 is 10.1 Å². The van der Waals surface area contributed by atoms with Crippen LogP contribution >= 0.6 is 11.3 Å². The maximum absolute atomic E-state index is 12.5. The van der Waals surface area contributed by atoms with E-state index in [1.807, 2.05) is 24.3 Å². The van der Waals surface area contributed by atoms with Crippen LogP contribution in [0.4, 0.5) is 4.79 Å². The summed E-state index contributed by atoms with van der Waals surface area (Å²) in [5, 5.41) is 5.29. The first-order valence-corrected chi connectivity index (χ1v) is 9.44. The van der Waals surface area contributed by atoms with Gasteiger partial charge in [0.2, 0.25) is 0 Å². The lowest BCUT2D eigenvalue weighted by Gasteiger charge is -2.28. The summed E-state index contributed by atoms with van der Waals surface area (Å²) >= 11 is 1.61. The van der Waals surface area contributed by atoms with Crippen molar-refractivity contribution in [2.75, 3.05) is 13.7 Å². The van der Waals surface area contributed by atoms with Gasteiger partial charge in [-0.25, -0.2) is 9.78 Å². The molecule has 8 heteroatoms. The number of carbonyl (C=O) groups is 3. The van der Waals surface area contributed by atoms with E-state index in [4.69, 9.17) is 9.72 Å². The van der Waals surface area contributed by atoms with Crippen LogP contribution in [0.1, 0.15) is 36.6 Å². The fourth-order valence-electron chi connectivity index (χ4n) is 3.23. The molecule has 3 amide bonds. The molecule has 1 aromatic carbocycles. The van der Waals surface area contributed by atoms with E-state index < -0.39 is 24.5 Å². The number of fused-ring (bicyclic) bond motifs is 1. The van der Waals surface area contributed by atoms with Gasteiger partial charge in [-0.15, -0.1) is 11.3 Å². The van der Waals surface area contributed by atoms with Crippen LogP contribution in [0.2, 0.25) is 0 Å². The third kappa shape index (κ3) is 4.19. The average Bonchev–Trinajstić information content (AvgIpc) is 3.10. The van der Waals surface area contributed by atoms with Crippen molar-refractivity contribution in [3.05, 3.63) is 29.3 Å². The average molecular weight is 375 g/mol. The number of ether oxygens (including phenoxy) is 1. The van der Waals surface area contributed by atoms with Crippen LogP contribution in [-0.4, -0.2) is 36.5 Å². The van der Waals surface area contributed by atoms with Crippen molar-refractivity contribution in [1.29, 1.82) is 0 Å². The predicted molar refractivity (Wildman–Crippen MR) is 97.9 cm³/mol. The molecule has 2 aromatic rings. The zero-order valence-electron chi connectivity index (χ0n) is 14.5. The molecule has 2 atom stereocenters. The lowest BCUT2D eigenvalue weighted by molar-refractivity contribution is -0.154. The summed E-state index contributed by atoms with van der Waals surface area (Å²) in [6.45, 7) is -0.463. The molecule has 0 aliphatic heterocycles. The molecular weight excluding hydrogens is 354 g/mol. The maximum Gasteiger partial charge on any atom is 0.321 e. The van der Waals surface area contributed by atoms with Gasteiger partial charge in [0, 0.05) is 13.0 Å². The number of hydrogen-bond acceptors (Lipinski definition) is 6. The van der Waals surface area contributed by atoms with Crippen LogP contribution in [0, 0.1) is 5.92 Å². The molecule has 1 heterocycles. The van der Waals surface area contributed by atoms with E-state index in [0.717, 1.165) is 40.9 Å². The molecule has 1 saturated carbocycles. The number of nitrogens with one attached hydrogen (secondary N) is 2. The molecule has 1 fully saturated rings. The fourth-order valence-corrected chi connectivity index (χ4v) is 4.39. The molecule has 1 aromatic heterocycles. The van der Waals surface area contributed by atoms with E-state index in [2.05, 4.69) is 10.6 Å². The van der Waals surface area contributed by atoms with E-state index in [1.54, 1.807) is 11.3 Å². The molecule has 2 N–H and O–H groups in total. The summed E-state index contributed by atoms with van der Waals surface area (Å²) < 4.78 is 6.26. The van der Waals surface area contributed by atoms with Gasteiger partial charge in [-0.05, 0) is 25.0 Å². The SMILES string of the molecule is CNC(=O)NC(=O)COC(=O)[C@@H]1CCCC[C@@H]1c1nc2ccccc2s1. The summed E-state index contributed by atoms with van der Waals surface area (Å²) in [5.41, 5.74) is 0.940. The number of nitrogens with zero attached hydrogens (tertiary/aromatic N) is 1. The zero-order chi connectivity index (χ0) is 18.5. The Morgan fingerprint density at radius 3 is 2.77 bits per heavy atom. The number of urea groups is 1. The minimum absolute atomic E-state index is 0.00986. The van der Waals surface area contributed by atoms with E-state index in [9.17, 15) is 14.4 Å². The highest BCUT2D eigenvalue weighted by molar-refractivity contribution is 7.18. The number of esters is 1. The minimum Gasteiger partial charge on any atom is -0.455 e. The predicted octanol–water partition coefficient (Wildman–Crippen LogP) is 2.57. The third-order valence-electron chi connectivity index (χ3n) is 4.52. The Morgan fingerprint density at radius 1 is 1.23 bits per heavy atom. The van der Waals surface area contributed by atoms with Crippen molar-refractivity contribution in [3.63, 3.8) is 0 Å². The number of thiazole rings is 1. The van der Waals surface area contributed by atoms with Crippen molar-refractivity contribution >= 4 is 39.5 Å². The van der Waals surface area contributed by atoms with Crippen molar-refractivity contribution in [1.82, 2.24) is 15.6 Å². The van der Waals surface area contributed by atoms with Crippen LogP contribution in [0.3, 0.4) is 0 Å². The van der Waals surface area contributed by atoms with Crippen LogP contribution in [0.5, 0.6) is 0 Å². The van der Waals surface area contributed by atoms with Gasteiger partial charge in [0.1, 0.15) is 0 Å². The Morgan fingerprint density at radius 2 is 2.00 bits per heavy atom. The van der Waals surface area contributed by atoms with Gasteiger partial charge >= 0.3 is 12.0 Å². The standard InChI is InChI=1S/C18H21N3O4S/c1-19-18(24)21-15(22)10-25-17(23)12-7-3-2-6-11(12)16-20-13-8-4-5-9-14(13)26-16/h4-5,8-9,11-12H,2-3,6-7,10H2,1H3,(H2,19,21,22,24)/t11-,12+/m0/s1. The van der Waals surface area contributed by atoms with Gasteiger partial charge in [-0.3, -0.25) is 14.9 Å². The van der Waals surface area contributed by atoms with Crippen LogP contribution in [0.15, 0.2) is 24.3 Å². The Hall–Kier alpha value is -2.48. The van der Waals surface area contributed by atoms with Gasteiger partial charge in [0.25, 0.3) is 5.91 Å². The smallest absolute Gasteiger partial charge is 0.321 e. The molecule has 0 saturated heterocycles. The summed E-state index contributed by atoms with van der Waals surface area (Å²) in [5.74, 6) is -1.35. The van der Waals surface area contributed by atoms with E-state index in [0.29, 0.717) is 0 Å². The Kier molecular flexibility index (Phi) is 5.82. The van der Waals surface area contributed by atoms with Crippen LogP contribution < -0.4 is 10.6 Å². The molecule has 0 bridgehead atoms. The first kappa shape index (κ1) is 18.3. The molecule has 7 nitrogen and oxygen atoms in total. The highest BCUT2D eigenvalue weighted by Gasteiger charge is 2.35. The Balaban J connectivity index is 1.67. The number of aromatic nitrogens is 1. The van der Waals surface area contributed by atoms with Gasteiger partial charge in [-0.1, -0.05) is 25.0 Å². The molecule has 0 radical (unpaired) electrons. The Labute approximate surface area is 155 Å². The first-order valence-electron chi connectivity index (χ1n) is 8.62. The van der Waals surface area contributed by atoms with Gasteiger partial charge in [0.15, 0.2) is 6.61 Å². The largest absolute Gasteiger partial charge is 0.455 e. The Bertz CT molecular complexity index is 787. The number of rotatable bonds is 4. The molecule has 26 heavy (non-hydrogen) atoms. The summed E-state index contributed by atoms with van der Waals surface area (Å²) in [4.78, 5) is 39.9. The number of carbonyl (C=O) groups excluding carboxylic acids is 3. The van der Waals surface area contributed by atoms with Crippen LogP contribution in [-0.2, 0) is 14.3 Å². The molecule has 1 aliphatic carbocycles. The fraction of sp³-hybridized carbons (Fsp3) is 0.444. The lowest BCUT2D eigenvalue weighted by atomic mass is 9.79. The number of benzene rings is 1. The maximum atomic E-state index is 12.5. The quantitative estimate of drug-likeness (QED) is 0.801. The molecule has 138 valence electrons. The molecular formula is C18H21N3O4S. The first-order chi connectivity index (χ1) is 12.6. The minimum atomic E-state index is -0.648. The second kappa shape index (κ2) is 8.27.